The van der Waals surface area contributed by atoms with Gasteiger partial charge >= 0.3 is 6.18 Å². The van der Waals surface area contributed by atoms with Gasteiger partial charge in [-0.05, 0) is 37.3 Å². The van der Waals surface area contributed by atoms with Crippen LogP contribution in [0.1, 0.15) is 17.8 Å². The molecule has 0 fully saturated rings. The molecule has 0 spiro atoms. The van der Waals surface area contributed by atoms with Crippen LogP contribution in [0.4, 0.5) is 24.0 Å². The zero-order valence-corrected chi connectivity index (χ0v) is 17.1. The van der Waals surface area contributed by atoms with E-state index in [1.807, 2.05) is 0 Å². The van der Waals surface area contributed by atoms with Crippen LogP contribution in [0.25, 0.3) is 0 Å². The SMILES string of the molecule is Cc1cc(C(F)(F)F)nn1CCC(=O)Nc1ccc(S(=O)(=O)Nc2nccs2)cc1. The maximum absolute atomic E-state index is 12.7. The molecule has 30 heavy (non-hydrogen) atoms. The number of carbonyl (C=O) groups excluding carboxylic acids is 1. The van der Waals surface area contributed by atoms with Gasteiger partial charge in [-0.3, -0.25) is 14.2 Å². The van der Waals surface area contributed by atoms with Crippen molar-refractivity contribution in [3.8, 4) is 0 Å². The second-order valence-electron chi connectivity index (χ2n) is 6.16. The van der Waals surface area contributed by atoms with Gasteiger partial charge in [-0.25, -0.2) is 13.4 Å². The lowest BCUT2D eigenvalue weighted by Crippen LogP contribution is -2.16. The van der Waals surface area contributed by atoms with Crippen molar-refractivity contribution in [2.24, 2.45) is 0 Å². The number of aromatic nitrogens is 3. The summed E-state index contributed by atoms with van der Waals surface area (Å²) in [6, 6.07) is 6.37. The zero-order chi connectivity index (χ0) is 21.9. The summed E-state index contributed by atoms with van der Waals surface area (Å²) in [4.78, 5) is 15.9. The third-order valence-electron chi connectivity index (χ3n) is 3.92. The molecule has 2 N–H and O–H groups in total. The maximum Gasteiger partial charge on any atom is 0.435 e. The summed E-state index contributed by atoms with van der Waals surface area (Å²) in [7, 11) is -3.81. The summed E-state index contributed by atoms with van der Waals surface area (Å²) >= 11 is 1.14. The number of carbonyl (C=O) groups is 1. The maximum atomic E-state index is 12.7. The van der Waals surface area contributed by atoms with E-state index < -0.39 is 27.8 Å². The van der Waals surface area contributed by atoms with Crippen molar-refractivity contribution in [3.63, 3.8) is 0 Å². The number of amides is 1. The van der Waals surface area contributed by atoms with Crippen LogP contribution in [0.15, 0.2) is 46.8 Å². The van der Waals surface area contributed by atoms with Crippen LogP contribution in [-0.2, 0) is 27.5 Å². The summed E-state index contributed by atoms with van der Waals surface area (Å²) in [6.45, 7) is 1.44. The predicted molar refractivity (Wildman–Crippen MR) is 105 cm³/mol. The lowest BCUT2D eigenvalue weighted by Gasteiger charge is -2.09. The third kappa shape index (κ3) is 5.36. The molecule has 1 aromatic carbocycles. The molecule has 0 unspecified atom stereocenters. The Balaban J connectivity index is 1.58. The Kier molecular flexibility index (Phi) is 6.12. The van der Waals surface area contributed by atoms with Gasteiger partial charge in [0.2, 0.25) is 5.91 Å². The Morgan fingerprint density at radius 2 is 1.93 bits per heavy atom. The molecule has 0 aliphatic rings. The number of nitrogens with zero attached hydrogens (tertiary/aromatic N) is 3. The molecule has 1 amide bonds. The van der Waals surface area contributed by atoms with E-state index in [1.54, 1.807) is 5.38 Å². The Labute approximate surface area is 173 Å². The van der Waals surface area contributed by atoms with Crippen molar-refractivity contribution < 1.29 is 26.4 Å². The largest absolute Gasteiger partial charge is 0.435 e. The van der Waals surface area contributed by atoms with Crippen LogP contribution in [0.3, 0.4) is 0 Å². The van der Waals surface area contributed by atoms with Gasteiger partial charge in [-0.1, -0.05) is 0 Å². The minimum absolute atomic E-state index is 0.0115. The lowest BCUT2D eigenvalue weighted by molar-refractivity contribution is -0.141. The van der Waals surface area contributed by atoms with E-state index >= 15 is 0 Å². The fraction of sp³-hybridized carbons (Fsp3) is 0.235. The molecular weight excluding hydrogens is 443 g/mol. The number of halogens is 3. The van der Waals surface area contributed by atoms with Crippen LogP contribution in [0.5, 0.6) is 0 Å². The van der Waals surface area contributed by atoms with E-state index in [9.17, 15) is 26.4 Å². The fourth-order valence-electron chi connectivity index (χ4n) is 2.47. The molecular formula is C17H16F3N5O3S2. The van der Waals surface area contributed by atoms with Crippen molar-refractivity contribution >= 4 is 38.1 Å². The van der Waals surface area contributed by atoms with Crippen LogP contribution >= 0.6 is 11.3 Å². The monoisotopic (exact) mass is 459 g/mol. The minimum atomic E-state index is -4.55. The quantitative estimate of drug-likeness (QED) is 0.563. The van der Waals surface area contributed by atoms with Gasteiger partial charge in [0.25, 0.3) is 10.0 Å². The summed E-state index contributed by atoms with van der Waals surface area (Å²) in [5.74, 6) is -0.449. The fourth-order valence-corrected chi connectivity index (χ4v) is 4.26. The molecule has 0 aliphatic heterocycles. The second kappa shape index (κ2) is 8.44. The molecule has 0 saturated carbocycles. The zero-order valence-electron chi connectivity index (χ0n) is 15.5. The number of nitrogens with one attached hydrogen (secondary N) is 2. The third-order valence-corrected chi connectivity index (χ3v) is 6.10. The second-order valence-corrected chi connectivity index (χ2v) is 8.73. The molecule has 3 aromatic rings. The average Bonchev–Trinajstić information content (AvgIpc) is 3.29. The van der Waals surface area contributed by atoms with Crippen molar-refractivity contribution in [1.82, 2.24) is 14.8 Å². The molecule has 8 nitrogen and oxygen atoms in total. The van der Waals surface area contributed by atoms with E-state index in [0.29, 0.717) is 5.69 Å². The highest BCUT2D eigenvalue weighted by Crippen LogP contribution is 2.28. The summed E-state index contributed by atoms with van der Waals surface area (Å²) < 4.78 is 66.1. The van der Waals surface area contributed by atoms with E-state index in [1.165, 1.54) is 37.4 Å². The van der Waals surface area contributed by atoms with Gasteiger partial charge in [-0.15, -0.1) is 11.3 Å². The Hall–Kier alpha value is -2.93. The van der Waals surface area contributed by atoms with Gasteiger partial charge in [0, 0.05) is 35.9 Å². The number of hydrogen-bond donors (Lipinski definition) is 2. The number of aryl methyl sites for hydroxylation is 2. The standard InChI is InChI=1S/C17H16F3N5O3S2/c1-11-10-14(17(18,19)20)23-25(11)8-6-15(26)22-12-2-4-13(5-3-12)30(27,28)24-16-21-7-9-29-16/h2-5,7,9-10H,6,8H2,1H3,(H,21,24)(H,22,26). The molecule has 2 heterocycles. The number of hydrogen-bond acceptors (Lipinski definition) is 6. The van der Waals surface area contributed by atoms with Crippen molar-refractivity contribution in [1.29, 1.82) is 0 Å². The van der Waals surface area contributed by atoms with E-state index in [0.717, 1.165) is 22.1 Å². The minimum Gasteiger partial charge on any atom is -0.326 e. The number of sulfonamides is 1. The predicted octanol–water partition coefficient (Wildman–Crippen LogP) is 3.50. The van der Waals surface area contributed by atoms with Crippen molar-refractivity contribution in [2.75, 3.05) is 10.0 Å². The van der Waals surface area contributed by atoms with E-state index in [-0.39, 0.29) is 28.7 Å². The molecule has 2 aromatic heterocycles. The Morgan fingerprint density at radius 3 is 2.50 bits per heavy atom. The van der Waals surface area contributed by atoms with Crippen LogP contribution in [0.2, 0.25) is 0 Å². The normalized spacial score (nSPS) is 12.0. The molecule has 160 valence electrons. The first kappa shape index (κ1) is 21.8. The average molecular weight is 459 g/mol. The van der Waals surface area contributed by atoms with Crippen molar-refractivity contribution in [3.05, 3.63) is 53.3 Å². The highest BCUT2D eigenvalue weighted by atomic mass is 32.2. The molecule has 3 rings (SSSR count). The smallest absolute Gasteiger partial charge is 0.326 e. The van der Waals surface area contributed by atoms with Crippen molar-refractivity contribution in [2.45, 2.75) is 31.0 Å². The van der Waals surface area contributed by atoms with Gasteiger partial charge in [-0.2, -0.15) is 18.3 Å². The van der Waals surface area contributed by atoms with Gasteiger partial charge in [0.15, 0.2) is 10.8 Å². The van der Waals surface area contributed by atoms with Gasteiger partial charge < -0.3 is 5.32 Å². The van der Waals surface area contributed by atoms with E-state index in [2.05, 4.69) is 20.1 Å². The molecule has 0 atom stereocenters. The molecule has 13 heteroatoms. The number of thiazole rings is 1. The molecule has 0 saturated heterocycles. The molecule has 0 aliphatic carbocycles. The Morgan fingerprint density at radius 1 is 1.23 bits per heavy atom. The summed E-state index contributed by atoms with van der Waals surface area (Å²) in [6.07, 6.45) is -3.18. The topological polar surface area (TPSA) is 106 Å². The highest BCUT2D eigenvalue weighted by molar-refractivity contribution is 7.93. The first-order valence-corrected chi connectivity index (χ1v) is 10.8. The first-order chi connectivity index (χ1) is 14.0. The highest BCUT2D eigenvalue weighted by Gasteiger charge is 2.34. The summed E-state index contributed by atoms with van der Waals surface area (Å²) in [5.41, 5.74) is -0.373. The molecule has 0 radical (unpaired) electrons. The van der Waals surface area contributed by atoms with E-state index in [4.69, 9.17) is 0 Å². The summed E-state index contributed by atoms with van der Waals surface area (Å²) in [5, 5.41) is 7.89. The van der Waals surface area contributed by atoms with Gasteiger partial charge in [0.05, 0.1) is 4.90 Å². The number of alkyl halides is 3. The number of rotatable bonds is 7. The number of benzene rings is 1. The molecule has 0 bridgehead atoms. The lowest BCUT2D eigenvalue weighted by atomic mass is 10.3. The van der Waals surface area contributed by atoms with Gasteiger partial charge in [0.1, 0.15) is 0 Å². The first-order valence-electron chi connectivity index (χ1n) is 8.48. The van der Waals surface area contributed by atoms with Crippen LogP contribution in [0, 0.1) is 6.92 Å². The Bertz CT molecular complexity index is 1120. The van der Waals surface area contributed by atoms with Crippen LogP contribution in [-0.4, -0.2) is 29.1 Å². The number of anilines is 2. The van der Waals surface area contributed by atoms with Crippen LogP contribution < -0.4 is 10.0 Å².